The quantitative estimate of drug-likeness (QED) is 0.603. The highest BCUT2D eigenvalue weighted by molar-refractivity contribution is 5.85. The molecule has 0 heterocycles. The van der Waals surface area contributed by atoms with E-state index in [-0.39, 0.29) is 38.0 Å². The normalized spacial score (nSPS) is 26.1. The minimum atomic E-state index is -1.29. The van der Waals surface area contributed by atoms with Gasteiger partial charge in [0.1, 0.15) is 6.10 Å². The van der Waals surface area contributed by atoms with Crippen LogP contribution in [0.3, 0.4) is 0 Å². The largest absolute Gasteiger partial charge is 0.390 e. The van der Waals surface area contributed by atoms with Crippen LogP contribution in [0.5, 0.6) is 0 Å². The van der Waals surface area contributed by atoms with E-state index in [0.29, 0.717) is 0 Å². The number of hydrogen-bond donors (Lipinski definition) is 3. The second kappa shape index (κ2) is 10.4. The molecule has 31 heavy (non-hydrogen) atoms. The molecule has 2 aromatic rings. The molecule has 3 N–H and O–H groups in total. The van der Waals surface area contributed by atoms with Crippen molar-refractivity contribution >= 4 is 5.91 Å². The molecule has 0 bridgehead atoms. The summed E-state index contributed by atoms with van der Waals surface area (Å²) < 4.78 is 12.2. The van der Waals surface area contributed by atoms with E-state index in [9.17, 15) is 15.0 Å². The molecular weight excluding hydrogens is 394 g/mol. The Morgan fingerprint density at radius 1 is 1.03 bits per heavy atom. The molecule has 168 valence electrons. The zero-order valence-corrected chi connectivity index (χ0v) is 18.5. The molecule has 1 amide bonds. The summed E-state index contributed by atoms with van der Waals surface area (Å²) in [6, 6.07) is 17.4. The molecule has 1 fully saturated rings. The minimum absolute atomic E-state index is 0.00391. The summed E-state index contributed by atoms with van der Waals surface area (Å²) in [6.07, 6.45) is -2.80. The minimum Gasteiger partial charge on any atom is -0.390 e. The Morgan fingerprint density at radius 3 is 2.32 bits per heavy atom. The molecular formula is C25H33NO5. The number of hydrogen-bond acceptors (Lipinski definition) is 5. The fourth-order valence-corrected chi connectivity index (χ4v) is 3.84. The van der Waals surface area contributed by atoms with E-state index in [1.54, 1.807) is 0 Å². The molecule has 1 saturated carbocycles. The summed E-state index contributed by atoms with van der Waals surface area (Å²) in [5.74, 6) is -0.298. The summed E-state index contributed by atoms with van der Waals surface area (Å²) in [7, 11) is 0. The van der Waals surface area contributed by atoms with Gasteiger partial charge in [0.2, 0.25) is 0 Å². The Hall–Kier alpha value is -2.25. The molecule has 2 aromatic carbocycles. The molecule has 0 unspecified atom stereocenters. The zero-order valence-electron chi connectivity index (χ0n) is 18.5. The first-order chi connectivity index (χ1) is 14.8. The van der Waals surface area contributed by atoms with E-state index in [2.05, 4.69) is 5.32 Å². The molecule has 0 aliphatic heterocycles. The molecule has 0 aromatic heterocycles. The summed E-state index contributed by atoms with van der Waals surface area (Å²) in [6.45, 7) is 6.26. The number of amides is 1. The van der Waals surface area contributed by atoms with Crippen LogP contribution in [0.15, 0.2) is 54.6 Å². The van der Waals surface area contributed by atoms with Gasteiger partial charge in [-0.15, -0.1) is 0 Å². The average Bonchev–Trinajstić information content (AvgIpc) is 2.75. The number of nitrogens with one attached hydrogen (secondary N) is 1. The fraction of sp³-hybridized carbons (Fsp3) is 0.480. The Balaban J connectivity index is 1.78. The predicted molar refractivity (Wildman–Crippen MR) is 118 cm³/mol. The van der Waals surface area contributed by atoms with Crippen LogP contribution < -0.4 is 5.32 Å². The molecule has 3 rings (SSSR count). The van der Waals surface area contributed by atoms with Gasteiger partial charge >= 0.3 is 0 Å². The van der Waals surface area contributed by atoms with Crippen molar-refractivity contribution in [3.05, 3.63) is 71.3 Å². The fourth-order valence-electron chi connectivity index (χ4n) is 3.84. The van der Waals surface area contributed by atoms with E-state index in [4.69, 9.17) is 9.47 Å². The van der Waals surface area contributed by atoms with Gasteiger partial charge in [-0.3, -0.25) is 4.79 Å². The number of carbonyl (C=O) groups is 1. The van der Waals surface area contributed by atoms with Gasteiger partial charge < -0.3 is 25.0 Å². The molecule has 4 atom stereocenters. The third kappa shape index (κ3) is 6.14. The lowest BCUT2D eigenvalue weighted by Gasteiger charge is -2.44. The second-order valence-corrected chi connectivity index (χ2v) is 8.70. The lowest BCUT2D eigenvalue weighted by Crippen LogP contribution is -2.61. The predicted octanol–water partition coefficient (Wildman–Crippen LogP) is 2.88. The van der Waals surface area contributed by atoms with Crippen LogP contribution in [0.25, 0.3) is 0 Å². The van der Waals surface area contributed by atoms with Gasteiger partial charge in [0, 0.05) is 18.9 Å². The molecule has 6 nitrogen and oxygen atoms in total. The summed E-state index contributed by atoms with van der Waals surface area (Å²) in [5.41, 5.74) is 1.74. The van der Waals surface area contributed by atoms with Gasteiger partial charge in [-0.2, -0.15) is 0 Å². The van der Waals surface area contributed by atoms with Crippen LogP contribution >= 0.6 is 0 Å². The van der Waals surface area contributed by atoms with Gasteiger partial charge in [-0.1, -0.05) is 60.2 Å². The lowest BCUT2D eigenvalue weighted by molar-refractivity contribution is -0.200. The number of rotatable bonds is 8. The van der Waals surface area contributed by atoms with Crippen molar-refractivity contribution in [3.8, 4) is 0 Å². The number of carbonyl (C=O) groups excluding carboxylic acids is 1. The Bertz CT molecular complexity index is 839. The van der Waals surface area contributed by atoms with Gasteiger partial charge in [0.25, 0.3) is 5.91 Å². The summed E-state index contributed by atoms with van der Waals surface area (Å²) in [5, 5.41) is 24.1. The van der Waals surface area contributed by atoms with Crippen LogP contribution in [-0.4, -0.2) is 46.1 Å². The second-order valence-electron chi connectivity index (χ2n) is 8.70. The average molecular weight is 428 g/mol. The zero-order chi connectivity index (χ0) is 22.4. The van der Waals surface area contributed by atoms with Crippen LogP contribution in [-0.2, 0) is 27.5 Å². The van der Waals surface area contributed by atoms with Crippen molar-refractivity contribution in [2.45, 2.75) is 76.8 Å². The van der Waals surface area contributed by atoms with Crippen LogP contribution in [0.2, 0.25) is 0 Å². The van der Waals surface area contributed by atoms with Gasteiger partial charge in [0.05, 0.1) is 25.4 Å². The number of aliphatic hydroxyl groups is 2. The Kier molecular flexibility index (Phi) is 7.84. The van der Waals surface area contributed by atoms with Gasteiger partial charge in [-0.25, -0.2) is 0 Å². The third-order valence-corrected chi connectivity index (χ3v) is 5.62. The molecule has 6 heteroatoms. The van der Waals surface area contributed by atoms with Crippen molar-refractivity contribution in [2.24, 2.45) is 0 Å². The third-order valence-electron chi connectivity index (χ3n) is 5.62. The first-order valence-electron chi connectivity index (χ1n) is 10.8. The monoisotopic (exact) mass is 427 g/mol. The van der Waals surface area contributed by atoms with E-state index < -0.39 is 23.9 Å². The van der Waals surface area contributed by atoms with Crippen molar-refractivity contribution in [1.82, 2.24) is 5.32 Å². The van der Waals surface area contributed by atoms with Crippen molar-refractivity contribution in [3.63, 3.8) is 0 Å². The van der Waals surface area contributed by atoms with Gasteiger partial charge in [0.15, 0.2) is 5.60 Å². The Morgan fingerprint density at radius 2 is 1.68 bits per heavy atom. The van der Waals surface area contributed by atoms with Crippen molar-refractivity contribution < 1.29 is 24.5 Å². The van der Waals surface area contributed by atoms with Crippen LogP contribution in [0, 0.1) is 6.92 Å². The molecule has 0 saturated heterocycles. The number of aliphatic hydroxyl groups excluding tert-OH is 2. The Labute approximate surface area is 184 Å². The topological polar surface area (TPSA) is 88.0 Å². The van der Waals surface area contributed by atoms with E-state index in [1.165, 1.54) is 0 Å². The maximum Gasteiger partial charge on any atom is 0.252 e. The summed E-state index contributed by atoms with van der Waals surface area (Å²) >= 11 is 0. The van der Waals surface area contributed by atoms with E-state index in [1.807, 2.05) is 75.4 Å². The summed E-state index contributed by atoms with van der Waals surface area (Å²) in [4.78, 5) is 13.2. The number of benzene rings is 2. The van der Waals surface area contributed by atoms with Gasteiger partial charge in [-0.05, 0) is 31.9 Å². The smallest absolute Gasteiger partial charge is 0.252 e. The standard InChI is InChI=1S/C25H33NO5/c1-17(2)26-24(29)25(31-16-19-7-5-4-6-8-19)13-21(27)23(28)22(14-25)30-15-20-11-9-18(3)10-12-20/h4-12,17,21-23,27-28H,13-16H2,1-3H3,(H,26,29)/t21-,22+,23-,25+/m1/s1. The first kappa shape index (κ1) is 23.4. The SMILES string of the molecule is Cc1ccc(CO[C@H]2C[C@](OCc3ccccc3)(C(=O)NC(C)C)C[C@@H](O)[C@H]2O)cc1. The molecule has 0 radical (unpaired) electrons. The lowest BCUT2D eigenvalue weighted by atomic mass is 9.78. The van der Waals surface area contributed by atoms with Crippen LogP contribution in [0.4, 0.5) is 0 Å². The highest BCUT2D eigenvalue weighted by Crippen LogP contribution is 2.35. The van der Waals surface area contributed by atoms with Crippen molar-refractivity contribution in [2.75, 3.05) is 0 Å². The maximum atomic E-state index is 13.2. The molecule has 1 aliphatic rings. The first-order valence-corrected chi connectivity index (χ1v) is 10.8. The van der Waals surface area contributed by atoms with E-state index in [0.717, 1.165) is 16.7 Å². The highest BCUT2D eigenvalue weighted by atomic mass is 16.5. The number of aryl methyl sites for hydroxylation is 1. The highest BCUT2D eigenvalue weighted by Gasteiger charge is 2.51. The van der Waals surface area contributed by atoms with Crippen molar-refractivity contribution in [1.29, 1.82) is 0 Å². The molecule has 0 spiro atoms. The molecule has 1 aliphatic carbocycles. The number of ether oxygens (including phenoxy) is 2. The van der Waals surface area contributed by atoms with Crippen LogP contribution in [0.1, 0.15) is 43.4 Å². The van der Waals surface area contributed by atoms with E-state index >= 15 is 0 Å². The maximum absolute atomic E-state index is 13.2.